The van der Waals surface area contributed by atoms with Crippen LogP contribution in [0.3, 0.4) is 0 Å². The minimum Gasteiger partial charge on any atom is -0.378 e. The van der Waals surface area contributed by atoms with Crippen molar-refractivity contribution < 1.29 is 4.74 Å². The fourth-order valence-corrected chi connectivity index (χ4v) is 2.58. The molecular weight excluding hydrogens is 250 g/mol. The van der Waals surface area contributed by atoms with Crippen LogP contribution in [0.4, 0.5) is 0 Å². The molecule has 2 N–H and O–H groups in total. The molecule has 0 bridgehead atoms. The van der Waals surface area contributed by atoms with Crippen LogP contribution in [-0.2, 0) is 11.3 Å². The van der Waals surface area contributed by atoms with Gasteiger partial charge in [-0.05, 0) is 37.4 Å². The molecule has 108 valence electrons. The quantitative estimate of drug-likeness (QED) is 0.804. The number of piperidine rings is 1. The van der Waals surface area contributed by atoms with Crippen molar-refractivity contribution >= 4 is 0 Å². The van der Waals surface area contributed by atoms with Gasteiger partial charge in [-0.25, -0.2) is 0 Å². The molecule has 0 amide bonds. The lowest BCUT2D eigenvalue weighted by Crippen LogP contribution is -2.37. The van der Waals surface area contributed by atoms with Gasteiger partial charge in [0.1, 0.15) is 0 Å². The van der Waals surface area contributed by atoms with Crippen LogP contribution in [0, 0.1) is 11.3 Å². The van der Waals surface area contributed by atoms with E-state index in [1.54, 1.807) is 0 Å². The molecule has 0 radical (unpaired) electrons. The summed E-state index contributed by atoms with van der Waals surface area (Å²) in [6, 6.07) is 10.1. The Morgan fingerprint density at radius 2 is 2.05 bits per heavy atom. The number of nitrogens with two attached hydrogens (primary N) is 1. The molecule has 4 nitrogen and oxygen atoms in total. The van der Waals surface area contributed by atoms with E-state index in [1.807, 2.05) is 24.3 Å². The molecule has 0 spiro atoms. The molecule has 1 aliphatic rings. The van der Waals surface area contributed by atoms with E-state index >= 15 is 0 Å². The second-order valence-electron chi connectivity index (χ2n) is 5.26. The molecule has 0 atom stereocenters. The summed E-state index contributed by atoms with van der Waals surface area (Å²) in [4.78, 5) is 2.40. The second kappa shape index (κ2) is 8.01. The van der Waals surface area contributed by atoms with E-state index in [4.69, 9.17) is 15.7 Å². The number of likely N-dealkylation sites (tertiary alicyclic amines) is 1. The SMILES string of the molecule is N#Cc1ccccc1CN1CCC(OCCCN)CC1. The summed E-state index contributed by atoms with van der Waals surface area (Å²) in [6.45, 7) is 4.40. The lowest BCUT2D eigenvalue weighted by atomic mass is 10.0. The molecule has 20 heavy (non-hydrogen) atoms. The van der Waals surface area contributed by atoms with Gasteiger partial charge in [-0.2, -0.15) is 5.26 Å². The molecule has 1 saturated heterocycles. The van der Waals surface area contributed by atoms with Crippen LogP contribution in [-0.4, -0.2) is 37.2 Å². The number of benzene rings is 1. The highest BCUT2D eigenvalue weighted by Crippen LogP contribution is 2.18. The van der Waals surface area contributed by atoms with Gasteiger partial charge in [0.15, 0.2) is 0 Å². The van der Waals surface area contributed by atoms with Crippen molar-refractivity contribution in [3.8, 4) is 6.07 Å². The zero-order valence-electron chi connectivity index (χ0n) is 11.9. The Morgan fingerprint density at radius 3 is 2.75 bits per heavy atom. The monoisotopic (exact) mass is 273 g/mol. The van der Waals surface area contributed by atoms with Gasteiger partial charge in [-0.3, -0.25) is 4.90 Å². The van der Waals surface area contributed by atoms with Crippen molar-refractivity contribution in [3.63, 3.8) is 0 Å². The summed E-state index contributed by atoms with van der Waals surface area (Å²) < 4.78 is 5.81. The van der Waals surface area contributed by atoms with Gasteiger partial charge in [-0.1, -0.05) is 18.2 Å². The number of hydrogen-bond donors (Lipinski definition) is 1. The zero-order chi connectivity index (χ0) is 14.2. The number of nitrogens with zero attached hydrogens (tertiary/aromatic N) is 2. The summed E-state index contributed by atoms with van der Waals surface area (Å²) in [5.74, 6) is 0. The summed E-state index contributed by atoms with van der Waals surface area (Å²) in [5.41, 5.74) is 7.37. The average Bonchev–Trinajstić information content (AvgIpc) is 2.50. The Hall–Kier alpha value is -1.41. The first kappa shape index (κ1) is 15.0. The van der Waals surface area contributed by atoms with Crippen LogP contribution in [0.15, 0.2) is 24.3 Å². The van der Waals surface area contributed by atoms with E-state index in [1.165, 1.54) is 0 Å². The van der Waals surface area contributed by atoms with E-state index in [2.05, 4.69) is 11.0 Å². The van der Waals surface area contributed by atoms with E-state index in [0.29, 0.717) is 12.6 Å². The van der Waals surface area contributed by atoms with Crippen molar-refractivity contribution in [2.24, 2.45) is 5.73 Å². The van der Waals surface area contributed by atoms with E-state index in [-0.39, 0.29) is 0 Å². The summed E-state index contributed by atoms with van der Waals surface area (Å²) in [5, 5.41) is 9.11. The maximum Gasteiger partial charge on any atom is 0.0995 e. The zero-order valence-corrected chi connectivity index (χ0v) is 11.9. The second-order valence-corrected chi connectivity index (χ2v) is 5.26. The molecule has 2 rings (SSSR count). The topological polar surface area (TPSA) is 62.3 Å². The minimum absolute atomic E-state index is 0.379. The van der Waals surface area contributed by atoms with Crippen LogP contribution < -0.4 is 5.73 Å². The number of rotatable bonds is 6. The van der Waals surface area contributed by atoms with Gasteiger partial charge < -0.3 is 10.5 Å². The van der Waals surface area contributed by atoms with Gasteiger partial charge in [0.05, 0.1) is 17.7 Å². The van der Waals surface area contributed by atoms with Gasteiger partial charge in [-0.15, -0.1) is 0 Å². The van der Waals surface area contributed by atoms with Crippen molar-refractivity contribution in [1.82, 2.24) is 4.90 Å². The third kappa shape index (κ3) is 4.31. The third-order valence-electron chi connectivity index (χ3n) is 3.77. The smallest absolute Gasteiger partial charge is 0.0995 e. The predicted octanol–water partition coefficient (Wildman–Crippen LogP) is 1.89. The summed E-state index contributed by atoms with van der Waals surface area (Å²) in [6.07, 6.45) is 3.46. The standard InChI is InChI=1S/C16H23N3O/c17-8-3-11-20-16-6-9-19(10-7-16)13-15-5-2-1-4-14(15)12-18/h1-2,4-5,16H,3,6-11,13,17H2. The van der Waals surface area contributed by atoms with Crippen molar-refractivity contribution in [2.45, 2.75) is 31.9 Å². The fourth-order valence-electron chi connectivity index (χ4n) is 2.58. The third-order valence-corrected chi connectivity index (χ3v) is 3.77. The molecule has 1 heterocycles. The lowest BCUT2D eigenvalue weighted by molar-refractivity contribution is 0.00562. The molecule has 4 heteroatoms. The first-order valence-corrected chi connectivity index (χ1v) is 7.35. The Balaban J connectivity index is 1.78. The molecule has 0 aromatic heterocycles. The van der Waals surface area contributed by atoms with Crippen molar-refractivity contribution in [1.29, 1.82) is 5.26 Å². The maximum atomic E-state index is 9.11. The highest BCUT2D eigenvalue weighted by Gasteiger charge is 2.20. The van der Waals surface area contributed by atoms with E-state index < -0.39 is 0 Å². The van der Waals surface area contributed by atoms with Crippen LogP contribution in [0.5, 0.6) is 0 Å². The van der Waals surface area contributed by atoms with Crippen molar-refractivity contribution in [2.75, 3.05) is 26.2 Å². The normalized spacial score (nSPS) is 17.0. The molecule has 1 fully saturated rings. The van der Waals surface area contributed by atoms with Crippen molar-refractivity contribution in [3.05, 3.63) is 35.4 Å². The fraction of sp³-hybridized carbons (Fsp3) is 0.562. The van der Waals surface area contributed by atoms with Gasteiger partial charge in [0.25, 0.3) is 0 Å². The van der Waals surface area contributed by atoms with Crippen LogP contribution >= 0.6 is 0 Å². The highest BCUT2D eigenvalue weighted by molar-refractivity contribution is 5.37. The molecule has 0 unspecified atom stereocenters. The lowest BCUT2D eigenvalue weighted by Gasteiger charge is -2.32. The Kier molecular flexibility index (Phi) is 6.00. The Bertz CT molecular complexity index is 447. The Labute approximate surface area is 121 Å². The van der Waals surface area contributed by atoms with E-state index in [9.17, 15) is 0 Å². The van der Waals surface area contributed by atoms with Gasteiger partial charge in [0, 0.05) is 26.2 Å². The molecule has 1 aromatic rings. The van der Waals surface area contributed by atoms with E-state index in [0.717, 1.165) is 56.6 Å². The molecular formula is C16H23N3O. The molecule has 0 aliphatic carbocycles. The number of hydrogen-bond acceptors (Lipinski definition) is 4. The first-order chi connectivity index (χ1) is 9.83. The van der Waals surface area contributed by atoms with Gasteiger partial charge in [0.2, 0.25) is 0 Å². The number of ether oxygens (including phenoxy) is 1. The average molecular weight is 273 g/mol. The summed E-state index contributed by atoms with van der Waals surface area (Å²) in [7, 11) is 0. The van der Waals surface area contributed by atoms with Crippen LogP contribution in [0.25, 0.3) is 0 Å². The maximum absolute atomic E-state index is 9.11. The molecule has 0 saturated carbocycles. The summed E-state index contributed by atoms with van der Waals surface area (Å²) >= 11 is 0. The minimum atomic E-state index is 0.379. The predicted molar refractivity (Wildman–Crippen MR) is 79.1 cm³/mol. The Morgan fingerprint density at radius 1 is 1.30 bits per heavy atom. The van der Waals surface area contributed by atoms with Crippen LogP contribution in [0.1, 0.15) is 30.4 Å². The molecule has 1 aromatic carbocycles. The first-order valence-electron chi connectivity index (χ1n) is 7.35. The highest BCUT2D eigenvalue weighted by atomic mass is 16.5. The van der Waals surface area contributed by atoms with Crippen LogP contribution in [0.2, 0.25) is 0 Å². The number of nitriles is 1. The molecule has 1 aliphatic heterocycles. The largest absolute Gasteiger partial charge is 0.378 e. The van der Waals surface area contributed by atoms with Gasteiger partial charge >= 0.3 is 0 Å².